The second-order valence-electron chi connectivity index (χ2n) is 5.62. The Hall–Kier alpha value is -1.22. The smallest absolute Gasteiger partial charge is 0.121 e. The van der Waals surface area contributed by atoms with Gasteiger partial charge in [0.05, 0.1) is 18.1 Å². The minimum Gasteiger partial charge on any atom is -0.497 e. The Morgan fingerprint density at radius 2 is 2.25 bits per heavy atom. The van der Waals surface area contributed by atoms with Crippen LogP contribution in [0.2, 0.25) is 0 Å². The molecule has 1 aromatic heterocycles. The predicted octanol–water partition coefficient (Wildman–Crippen LogP) is 4.19. The van der Waals surface area contributed by atoms with Crippen LogP contribution in [0, 0.1) is 5.92 Å². The minimum absolute atomic E-state index is 0.500. The summed E-state index contributed by atoms with van der Waals surface area (Å²) in [5.41, 5.74) is 2.21. The molecule has 3 nitrogen and oxygen atoms in total. The molecule has 1 aliphatic rings. The first kappa shape index (κ1) is 13.7. The van der Waals surface area contributed by atoms with Gasteiger partial charge in [0.25, 0.3) is 0 Å². The number of rotatable bonds is 5. The first-order valence-corrected chi connectivity index (χ1v) is 7.89. The number of aryl methyl sites for hydroxylation is 1. The molecule has 0 spiro atoms. The molecule has 108 valence electrons. The van der Waals surface area contributed by atoms with Gasteiger partial charge in [-0.2, -0.15) is 0 Å². The van der Waals surface area contributed by atoms with Gasteiger partial charge in [0, 0.05) is 24.4 Å². The number of methoxy groups -OCH3 is 1. The number of fused-ring (bicyclic) bond motifs is 1. The van der Waals surface area contributed by atoms with Crippen LogP contribution in [0.4, 0.5) is 0 Å². The fourth-order valence-corrected chi connectivity index (χ4v) is 3.27. The highest BCUT2D eigenvalue weighted by molar-refractivity contribution is 6.17. The molecule has 1 aromatic carbocycles. The zero-order chi connectivity index (χ0) is 14.1. The summed E-state index contributed by atoms with van der Waals surface area (Å²) in [4.78, 5) is 4.77. The van der Waals surface area contributed by atoms with Crippen LogP contribution in [0.15, 0.2) is 18.2 Å². The van der Waals surface area contributed by atoms with Crippen molar-refractivity contribution < 1.29 is 4.74 Å². The third-order valence-corrected chi connectivity index (χ3v) is 4.72. The molecule has 0 radical (unpaired) electrons. The number of halogens is 1. The molecule has 1 heterocycles. The van der Waals surface area contributed by atoms with Crippen LogP contribution in [-0.4, -0.2) is 22.5 Å². The van der Waals surface area contributed by atoms with Gasteiger partial charge >= 0.3 is 0 Å². The third-order valence-electron chi connectivity index (χ3n) is 4.53. The minimum atomic E-state index is 0.500. The topological polar surface area (TPSA) is 27.1 Å². The number of nitrogens with zero attached hydrogens (tertiary/aromatic N) is 2. The first-order valence-electron chi connectivity index (χ1n) is 7.35. The van der Waals surface area contributed by atoms with Crippen molar-refractivity contribution in [2.24, 2.45) is 5.92 Å². The van der Waals surface area contributed by atoms with Gasteiger partial charge in [0.1, 0.15) is 11.6 Å². The molecule has 3 rings (SSSR count). The van der Waals surface area contributed by atoms with Crippen LogP contribution >= 0.6 is 11.6 Å². The maximum atomic E-state index is 5.95. The summed E-state index contributed by atoms with van der Waals surface area (Å²) >= 11 is 5.95. The summed E-state index contributed by atoms with van der Waals surface area (Å²) < 4.78 is 7.69. The summed E-state index contributed by atoms with van der Waals surface area (Å²) in [6.07, 6.45) is 4.84. The Morgan fingerprint density at radius 3 is 2.85 bits per heavy atom. The van der Waals surface area contributed by atoms with Crippen molar-refractivity contribution in [2.75, 3.05) is 13.0 Å². The van der Waals surface area contributed by atoms with Gasteiger partial charge < -0.3 is 9.30 Å². The van der Waals surface area contributed by atoms with E-state index in [9.17, 15) is 0 Å². The summed E-state index contributed by atoms with van der Waals surface area (Å²) in [6, 6.07) is 6.64. The second kappa shape index (κ2) is 5.65. The summed E-state index contributed by atoms with van der Waals surface area (Å²) in [5, 5.41) is 0. The number of ether oxygens (including phenoxy) is 1. The van der Waals surface area contributed by atoms with E-state index < -0.39 is 0 Å². The molecule has 0 saturated heterocycles. The molecule has 20 heavy (non-hydrogen) atoms. The summed E-state index contributed by atoms with van der Waals surface area (Å²) in [7, 11) is 1.69. The van der Waals surface area contributed by atoms with Crippen molar-refractivity contribution in [1.29, 1.82) is 0 Å². The van der Waals surface area contributed by atoms with E-state index in [0.29, 0.717) is 11.9 Å². The lowest BCUT2D eigenvalue weighted by molar-refractivity contribution is 0.223. The van der Waals surface area contributed by atoms with E-state index in [-0.39, 0.29) is 0 Å². The zero-order valence-electron chi connectivity index (χ0n) is 12.1. The van der Waals surface area contributed by atoms with Crippen LogP contribution in [0.3, 0.4) is 0 Å². The van der Waals surface area contributed by atoms with E-state index >= 15 is 0 Å². The standard InChI is InChI=1S/C16H21ClN2O/c1-11(12-4-3-5-12)19-15-7-6-13(20-2)10-14(15)18-16(19)8-9-17/h6-7,10-12H,3-5,8-9H2,1-2H3. The Labute approximate surface area is 124 Å². The van der Waals surface area contributed by atoms with Gasteiger partial charge in [-0.1, -0.05) is 6.42 Å². The lowest BCUT2D eigenvalue weighted by atomic mass is 9.80. The van der Waals surface area contributed by atoms with E-state index in [0.717, 1.165) is 29.4 Å². The average Bonchev–Trinajstić information content (AvgIpc) is 2.73. The fraction of sp³-hybridized carbons (Fsp3) is 0.562. The number of benzene rings is 1. The van der Waals surface area contributed by atoms with Crippen LogP contribution in [-0.2, 0) is 6.42 Å². The summed E-state index contributed by atoms with van der Waals surface area (Å²) in [6.45, 7) is 2.31. The van der Waals surface area contributed by atoms with Gasteiger partial charge in [-0.05, 0) is 37.8 Å². The molecule has 1 unspecified atom stereocenters. The molecule has 1 fully saturated rings. The largest absolute Gasteiger partial charge is 0.497 e. The zero-order valence-corrected chi connectivity index (χ0v) is 12.9. The lowest BCUT2D eigenvalue weighted by Crippen LogP contribution is -2.24. The molecule has 4 heteroatoms. The summed E-state index contributed by atoms with van der Waals surface area (Å²) in [5.74, 6) is 3.35. The van der Waals surface area contributed by atoms with Gasteiger partial charge in [-0.3, -0.25) is 0 Å². The Morgan fingerprint density at radius 1 is 1.45 bits per heavy atom. The molecule has 2 aromatic rings. The van der Waals surface area contributed by atoms with Gasteiger partial charge in [0.15, 0.2) is 0 Å². The second-order valence-corrected chi connectivity index (χ2v) is 6.00. The first-order chi connectivity index (χ1) is 9.74. The number of hydrogen-bond donors (Lipinski definition) is 0. The van der Waals surface area contributed by atoms with Crippen LogP contribution in [0.5, 0.6) is 5.75 Å². The van der Waals surface area contributed by atoms with Crippen molar-refractivity contribution in [2.45, 2.75) is 38.6 Å². The van der Waals surface area contributed by atoms with Crippen molar-refractivity contribution in [1.82, 2.24) is 9.55 Å². The number of imidazole rings is 1. The Balaban J connectivity index is 2.08. The van der Waals surface area contributed by atoms with Gasteiger partial charge in [-0.15, -0.1) is 11.6 Å². The van der Waals surface area contributed by atoms with Crippen molar-refractivity contribution in [3.8, 4) is 5.75 Å². The molecule has 1 saturated carbocycles. The van der Waals surface area contributed by atoms with Crippen molar-refractivity contribution in [3.63, 3.8) is 0 Å². The van der Waals surface area contributed by atoms with Gasteiger partial charge in [0.2, 0.25) is 0 Å². The quantitative estimate of drug-likeness (QED) is 0.773. The highest BCUT2D eigenvalue weighted by atomic mass is 35.5. The molecular weight excluding hydrogens is 272 g/mol. The molecule has 0 aliphatic heterocycles. The maximum Gasteiger partial charge on any atom is 0.121 e. The lowest BCUT2D eigenvalue weighted by Gasteiger charge is -2.33. The number of alkyl halides is 1. The molecular formula is C16H21ClN2O. The van der Waals surface area contributed by atoms with Gasteiger partial charge in [-0.25, -0.2) is 4.98 Å². The maximum absolute atomic E-state index is 5.95. The van der Waals surface area contributed by atoms with E-state index in [4.69, 9.17) is 21.3 Å². The van der Waals surface area contributed by atoms with E-state index in [1.807, 2.05) is 12.1 Å². The van der Waals surface area contributed by atoms with Crippen LogP contribution in [0.1, 0.15) is 38.1 Å². The molecule has 1 aliphatic carbocycles. The molecule has 1 atom stereocenters. The van der Waals surface area contributed by atoms with Crippen molar-refractivity contribution in [3.05, 3.63) is 24.0 Å². The molecule has 0 N–H and O–H groups in total. The Bertz CT molecular complexity index is 604. The highest BCUT2D eigenvalue weighted by Gasteiger charge is 2.27. The third kappa shape index (κ3) is 2.28. The number of hydrogen-bond acceptors (Lipinski definition) is 2. The van der Waals surface area contributed by atoms with E-state index in [2.05, 4.69) is 17.6 Å². The Kier molecular flexibility index (Phi) is 3.88. The fourth-order valence-electron chi connectivity index (χ4n) is 3.10. The van der Waals surface area contributed by atoms with Crippen LogP contribution in [0.25, 0.3) is 11.0 Å². The van der Waals surface area contributed by atoms with Crippen molar-refractivity contribution >= 4 is 22.6 Å². The highest BCUT2D eigenvalue weighted by Crippen LogP contribution is 2.38. The predicted molar refractivity (Wildman–Crippen MR) is 82.8 cm³/mol. The molecule has 0 amide bonds. The number of aromatic nitrogens is 2. The van der Waals surface area contributed by atoms with E-state index in [1.165, 1.54) is 24.8 Å². The molecule has 0 bridgehead atoms. The average molecular weight is 293 g/mol. The van der Waals surface area contributed by atoms with Crippen LogP contribution < -0.4 is 4.74 Å². The van der Waals surface area contributed by atoms with E-state index in [1.54, 1.807) is 7.11 Å². The normalized spacial score (nSPS) is 17.1. The SMILES string of the molecule is COc1ccc2c(c1)nc(CCCl)n2C(C)C1CCC1. The monoisotopic (exact) mass is 292 g/mol.